The molecule has 0 aromatic heterocycles. The third-order valence-corrected chi connectivity index (χ3v) is 6.30. The maximum absolute atomic E-state index is 13.6. The smallest absolute Gasteiger partial charge is 0.261 e. The second-order valence-electron chi connectivity index (χ2n) is 8.28. The van der Waals surface area contributed by atoms with Crippen LogP contribution in [0.5, 0.6) is 5.75 Å². The van der Waals surface area contributed by atoms with Crippen LogP contribution in [0, 0.1) is 11.3 Å². The maximum atomic E-state index is 13.6. The largest absolute Gasteiger partial charge is 0.496 e. The SMILES string of the molecule is CCN(C(=O)c1cc(CN2C(=O)c3ccccc3C2=O)ccc1OC)C(C)c1ccc(C#N)cc1. The first-order valence-electron chi connectivity index (χ1n) is 11.3. The van der Waals surface area contributed by atoms with Gasteiger partial charge in [0, 0.05) is 6.54 Å². The Morgan fingerprint density at radius 2 is 1.66 bits per heavy atom. The van der Waals surface area contributed by atoms with Gasteiger partial charge in [-0.05, 0) is 61.4 Å². The number of ether oxygens (including phenoxy) is 1. The van der Waals surface area contributed by atoms with Crippen LogP contribution in [0.2, 0.25) is 0 Å². The Bertz CT molecular complexity index is 1310. The average Bonchev–Trinajstić information content (AvgIpc) is 3.13. The molecule has 0 aliphatic carbocycles. The van der Waals surface area contributed by atoms with Crippen molar-refractivity contribution in [3.8, 4) is 11.8 Å². The maximum Gasteiger partial charge on any atom is 0.261 e. The van der Waals surface area contributed by atoms with Crippen molar-refractivity contribution in [3.05, 3.63) is 100 Å². The molecular weight excluding hydrogens is 442 g/mol. The van der Waals surface area contributed by atoms with Crippen molar-refractivity contribution in [1.82, 2.24) is 9.80 Å². The van der Waals surface area contributed by atoms with Crippen molar-refractivity contribution < 1.29 is 19.1 Å². The Morgan fingerprint density at radius 3 is 2.20 bits per heavy atom. The lowest BCUT2D eigenvalue weighted by Crippen LogP contribution is -2.34. The lowest BCUT2D eigenvalue weighted by molar-refractivity contribution is 0.0641. The third-order valence-electron chi connectivity index (χ3n) is 6.30. The van der Waals surface area contributed by atoms with Gasteiger partial charge in [0.05, 0.1) is 48.0 Å². The number of rotatable bonds is 7. The molecule has 7 heteroatoms. The summed E-state index contributed by atoms with van der Waals surface area (Å²) >= 11 is 0. The predicted octanol–water partition coefficient (Wildman–Crippen LogP) is 4.59. The first kappa shape index (κ1) is 23.7. The summed E-state index contributed by atoms with van der Waals surface area (Å²) in [6.45, 7) is 4.32. The number of amides is 3. The highest BCUT2D eigenvalue weighted by molar-refractivity contribution is 6.21. The first-order chi connectivity index (χ1) is 16.9. The molecule has 1 unspecified atom stereocenters. The molecule has 0 N–H and O–H groups in total. The highest BCUT2D eigenvalue weighted by atomic mass is 16.5. The van der Waals surface area contributed by atoms with Gasteiger partial charge < -0.3 is 9.64 Å². The number of benzene rings is 3. The van der Waals surface area contributed by atoms with E-state index in [1.54, 1.807) is 59.5 Å². The van der Waals surface area contributed by atoms with E-state index in [4.69, 9.17) is 10.00 Å². The molecule has 4 rings (SSSR count). The Labute approximate surface area is 204 Å². The number of carbonyl (C=O) groups excluding carboxylic acids is 3. The fourth-order valence-electron chi connectivity index (χ4n) is 4.35. The topological polar surface area (TPSA) is 90.7 Å². The molecule has 0 radical (unpaired) electrons. The van der Waals surface area contributed by atoms with E-state index < -0.39 is 0 Å². The molecule has 1 heterocycles. The van der Waals surface area contributed by atoms with Gasteiger partial charge in [-0.25, -0.2) is 0 Å². The molecule has 176 valence electrons. The fraction of sp³-hybridized carbons (Fsp3) is 0.214. The van der Waals surface area contributed by atoms with Gasteiger partial charge in [-0.2, -0.15) is 5.26 Å². The molecule has 1 atom stereocenters. The number of fused-ring (bicyclic) bond motifs is 1. The van der Waals surface area contributed by atoms with Crippen molar-refractivity contribution in [2.24, 2.45) is 0 Å². The number of hydrogen-bond acceptors (Lipinski definition) is 5. The second-order valence-corrected chi connectivity index (χ2v) is 8.28. The minimum absolute atomic E-state index is 0.0495. The fourth-order valence-corrected chi connectivity index (χ4v) is 4.35. The van der Waals surface area contributed by atoms with Crippen molar-refractivity contribution in [1.29, 1.82) is 5.26 Å². The zero-order chi connectivity index (χ0) is 25.1. The molecule has 35 heavy (non-hydrogen) atoms. The molecule has 3 aromatic carbocycles. The first-order valence-corrected chi connectivity index (χ1v) is 11.3. The van der Waals surface area contributed by atoms with E-state index in [0.717, 1.165) is 5.56 Å². The molecule has 3 amide bonds. The third kappa shape index (κ3) is 4.38. The molecule has 7 nitrogen and oxygen atoms in total. The zero-order valence-corrected chi connectivity index (χ0v) is 19.8. The normalized spacial score (nSPS) is 13.3. The summed E-state index contributed by atoms with van der Waals surface area (Å²) in [5.74, 6) is -0.519. The molecule has 0 bridgehead atoms. The summed E-state index contributed by atoms with van der Waals surface area (Å²) in [6, 6.07) is 20.8. The van der Waals surface area contributed by atoms with Gasteiger partial charge >= 0.3 is 0 Å². The minimum atomic E-state index is -0.348. The summed E-state index contributed by atoms with van der Waals surface area (Å²) in [7, 11) is 1.50. The van der Waals surface area contributed by atoms with E-state index in [-0.39, 0.29) is 30.3 Å². The van der Waals surface area contributed by atoms with Crippen LogP contribution in [0.1, 0.15) is 67.7 Å². The summed E-state index contributed by atoms with van der Waals surface area (Å²) in [6.07, 6.45) is 0. The minimum Gasteiger partial charge on any atom is -0.496 e. The zero-order valence-electron chi connectivity index (χ0n) is 19.8. The number of methoxy groups -OCH3 is 1. The van der Waals surface area contributed by atoms with Crippen LogP contribution < -0.4 is 4.74 Å². The second kappa shape index (κ2) is 9.82. The lowest BCUT2D eigenvalue weighted by Gasteiger charge is -2.29. The van der Waals surface area contributed by atoms with Gasteiger partial charge in [0.2, 0.25) is 0 Å². The van der Waals surface area contributed by atoms with Gasteiger partial charge in [0.15, 0.2) is 0 Å². The van der Waals surface area contributed by atoms with Gasteiger partial charge in [-0.1, -0.05) is 30.3 Å². The van der Waals surface area contributed by atoms with Crippen LogP contribution in [0.4, 0.5) is 0 Å². The molecule has 0 spiro atoms. The summed E-state index contributed by atoms with van der Waals surface area (Å²) in [5, 5.41) is 9.05. The molecule has 1 aliphatic heterocycles. The van der Waals surface area contributed by atoms with Crippen molar-refractivity contribution in [2.45, 2.75) is 26.4 Å². The van der Waals surface area contributed by atoms with E-state index in [1.807, 2.05) is 26.0 Å². The quantitative estimate of drug-likeness (QED) is 0.474. The number of nitriles is 1. The van der Waals surface area contributed by atoms with Crippen LogP contribution in [0.3, 0.4) is 0 Å². The molecule has 1 aliphatic rings. The van der Waals surface area contributed by atoms with E-state index in [2.05, 4.69) is 6.07 Å². The Balaban J connectivity index is 1.61. The monoisotopic (exact) mass is 467 g/mol. The van der Waals surface area contributed by atoms with E-state index in [0.29, 0.717) is 40.1 Å². The van der Waals surface area contributed by atoms with E-state index >= 15 is 0 Å². The van der Waals surface area contributed by atoms with Crippen molar-refractivity contribution in [3.63, 3.8) is 0 Å². The number of hydrogen-bond donors (Lipinski definition) is 0. The lowest BCUT2D eigenvalue weighted by atomic mass is 10.0. The molecule has 0 fully saturated rings. The highest BCUT2D eigenvalue weighted by Gasteiger charge is 2.35. The van der Waals surface area contributed by atoms with Crippen molar-refractivity contribution >= 4 is 17.7 Å². The molecular formula is C28H25N3O4. The van der Waals surface area contributed by atoms with Crippen LogP contribution in [0.15, 0.2) is 66.7 Å². The summed E-state index contributed by atoms with van der Waals surface area (Å²) in [4.78, 5) is 42.1. The predicted molar refractivity (Wildman–Crippen MR) is 130 cm³/mol. The summed E-state index contributed by atoms with van der Waals surface area (Å²) in [5.41, 5.74) is 3.22. The number of nitrogens with zero attached hydrogens (tertiary/aromatic N) is 3. The van der Waals surface area contributed by atoms with Crippen LogP contribution in [0.25, 0.3) is 0 Å². The summed E-state index contributed by atoms with van der Waals surface area (Å²) < 4.78 is 5.46. The van der Waals surface area contributed by atoms with E-state index in [9.17, 15) is 14.4 Å². The molecule has 3 aromatic rings. The van der Waals surface area contributed by atoms with Gasteiger partial charge in [0.25, 0.3) is 17.7 Å². The van der Waals surface area contributed by atoms with Gasteiger partial charge in [-0.15, -0.1) is 0 Å². The Morgan fingerprint density at radius 1 is 1.03 bits per heavy atom. The van der Waals surface area contributed by atoms with Crippen LogP contribution in [-0.2, 0) is 6.54 Å². The Kier molecular flexibility index (Phi) is 6.65. The highest BCUT2D eigenvalue weighted by Crippen LogP contribution is 2.29. The van der Waals surface area contributed by atoms with Gasteiger partial charge in [-0.3, -0.25) is 19.3 Å². The standard InChI is InChI=1S/C28H25N3O4/c1-4-30(18(2)21-12-9-19(16-29)10-13-21)28(34)24-15-20(11-14-25(24)35-3)17-31-26(32)22-7-5-6-8-23(22)27(31)33/h5-15,18H,4,17H2,1-3H3. The molecule has 0 saturated heterocycles. The average molecular weight is 468 g/mol. The molecule has 0 saturated carbocycles. The Hall–Kier alpha value is -4.44. The van der Waals surface area contributed by atoms with Crippen LogP contribution in [-0.4, -0.2) is 41.2 Å². The van der Waals surface area contributed by atoms with Crippen molar-refractivity contribution in [2.75, 3.05) is 13.7 Å². The van der Waals surface area contributed by atoms with Gasteiger partial charge in [0.1, 0.15) is 5.75 Å². The number of carbonyl (C=O) groups is 3. The van der Waals surface area contributed by atoms with Crippen LogP contribution >= 0.6 is 0 Å². The number of imide groups is 1. The van der Waals surface area contributed by atoms with E-state index in [1.165, 1.54) is 12.0 Å².